The number of anilines is 3. The van der Waals surface area contributed by atoms with Gasteiger partial charge in [-0.2, -0.15) is 0 Å². The van der Waals surface area contributed by atoms with Crippen LogP contribution in [0.15, 0.2) is 42.5 Å². The summed E-state index contributed by atoms with van der Waals surface area (Å²) in [5, 5.41) is 3.17. The summed E-state index contributed by atoms with van der Waals surface area (Å²) in [7, 11) is 0. The van der Waals surface area contributed by atoms with E-state index in [9.17, 15) is 4.39 Å². The van der Waals surface area contributed by atoms with Gasteiger partial charge in [-0.05, 0) is 52.9 Å². The summed E-state index contributed by atoms with van der Waals surface area (Å²) in [6.45, 7) is 0. The standard InChI is InChI=1S/C12H10FIN2/c13-8-5-6-12(10(15)7-8)16-11-4-2-1-3-9(11)14/h1-7,16H,15H2. The molecule has 0 aliphatic heterocycles. The van der Waals surface area contributed by atoms with Gasteiger partial charge in [0, 0.05) is 3.57 Å². The molecule has 0 aliphatic carbocycles. The van der Waals surface area contributed by atoms with Gasteiger partial charge < -0.3 is 11.1 Å². The number of rotatable bonds is 2. The first-order valence-electron chi connectivity index (χ1n) is 4.73. The number of nitrogens with one attached hydrogen (secondary N) is 1. The maximum absolute atomic E-state index is 12.9. The molecule has 0 amide bonds. The van der Waals surface area contributed by atoms with Crippen molar-refractivity contribution in [2.75, 3.05) is 11.1 Å². The van der Waals surface area contributed by atoms with Crippen LogP contribution in [0.2, 0.25) is 0 Å². The van der Waals surface area contributed by atoms with Crippen LogP contribution in [0.3, 0.4) is 0 Å². The molecule has 16 heavy (non-hydrogen) atoms. The van der Waals surface area contributed by atoms with E-state index in [-0.39, 0.29) is 5.82 Å². The highest BCUT2D eigenvalue weighted by Crippen LogP contribution is 2.26. The Kier molecular flexibility index (Phi) is 3.28. The van der Waals surface area contributed by atoms with Gasteiger partial charge in [-0.25, -0.2) is 4.39 Å². The summed E-state index contributed by atoms with van der Waals surface area (Å²) in [5.74, 6) is -0.328. The van der Waals surface area contributed by atoms with E-state index in [2.05, 4.69) is 27.9 Å². The Bertz CT molecular complexity index is 514. The molecule has 3 N–H and O–H groups in total. The summed E-state index contributed by atoms with van der Waals surface area (Å²) in [6.07, 6.45) is 0. The highest BCUT2D eigenvalue weighted by molar-refractivity contribution is 14.1. The maximum Gasteiger partial charge on any atom is 0.125 e. The van der Waals surface area contributed by atoms with Gasteiger partial charge >= 0.3 is 0 Å². The van der Waals surface area contributed by atoms with Crippen LogP contribution in [-0.4, -0.2) is 0 Å². The molecule has 4 heteroatoms. The predicted molar refractivity (Wildman–Crippen MR) is 73.3 cm³/mol. The van der Waals surface area contributed by atoms with Gasteiger partial charge in [0.2, 0.25) is 0 Å². The molecule has 0 spiro atoms. The van der Waals surface area contributed by atoms with Gasteiger partial charge in [0.1, 0.15) is 5.82 Å². The fraction of sp³-hybridized carbons (Fsp3) is 0. The van der Waals surface area contributed by atoms with Gasteiger partial charge in [-0.15, -0.1) is 0 Å². The van der Waals surface area contributed by atoms with E-state index >= 15 is 0 Å². The van der Waals surface area contributed by atoms with Crippen LogP contribution in [0.25, 0.3) is 0 Å². The average molecular weight is 328 g/mol. The third-order valence-electron chi connectivity index (χ3n) is 2.16. The molecule has 0 unspecified atom stereocenters. The molecule has 0 bridgehead atoms. The van der Waals surface area contributed by atoms with Crippen LogP contribution in [0.5, 0.6) is 0 Å². The zero-order valence-corrected chi connectivity index (χ0v) is 10.5. The van der Waals surface area contributed by atoms with Crippen molar-refractivity contribution in [1.29, 1.82) is 0 Å². The largest absolute Gasteiger partial charge is 0.397 e. The number of hydrogen-bond donors (Lipinski definition) is 2. The second kappa shape index (κ2) is 4.69. The van der Waals surface area contributed by atoms with Crippen molar-refractivity contribution in [2.24, 2.45) is 0 Å². The summed E-state index contributed by atoms with van der Waals surface area (Å²) in [6, 6.07) is 12.2. The zero-order chi connectivity index (χ0) is 11.5. The van der Waals surface area contributed by atoms with Crippen molar-refractivity contribution >= 4 is 39.7 Å². The lowest BCUT2D eigenvalue weighted by atomic mass is 10.2. The summed E-state index contributed by atoms with van der Waals surface area (Å²) >= 11 is 2.23. The van der Waals surface area contributed by atoms with E-state index in [0.717, 1.165) is 9.26 Å². The number of para-hydroxylation sites is 1. The molecule has 0 heterocycles. The fourth-order valence-electron chi connectivity index (χ4n) is 1.36. The lowest BCUT2D eigenvalue weighted by molar-refractivity contribution is 0.628. The Morgan fingerprint density at radius 1 is 1.06 bits per heavy atom. The molecule has 0 fully saturated rings. The van der Waals surface area contributed by atoms with Gasteiger partial charge in [-0.1, -0.05) is 12.1 Å². The van der Waals surface area contributed by atoms with Crippen molar-refractivity contribution in [3.63, 3.8) is 0 Å². The predicted octanol–water partition coefficient (Wildman–Crippen LogP) is 3.76. The van der Waals surface area contributed by atoms with Gasteiger partial charge in [-0.3, -0.25) is 0 Å². The quantitative estimate of drug-likeness (QED) is 0.651. The fourth-order valence-corrected chi connectivity index (χ4v) is 1.88. The van der Waals surface area contributed by atoms with Crippen molar-refractivity contribution in [3.8, 4) is 0 Å². The number of nitrogens with two attached hydrogens (primary N) is 1. The SMILES string of the molecule is Nc1cc(F)ccc1Nc1ccccc1I. The van der Waals surface area contributed by atoms with Crippen molar-refractivity contribution in [3.05, 3.63) is 51.9 Å². The van der Waals surface area contributed by atoms with Crippen molar-refractivity contribution < 1.29 is 4.39 Å². The van der Waals surface area contributed by atoms with Crippen LogP contribution in [0.1, 0.15) is 0 Å². The number of nitrogen functional groups attached to an aromatic ring is 1. The van der Waals surface area contributed by atoms with Crippen molar-refractivity contribution in [2.45, 2.75) is 0 Å². The topological polar surface area (TPSA) is 38.0 Å². The first kappa shape index (κ1) is 11.2. The molecule has 0 radical (unpaired) electrons. The molecule has 0 aromatic heterocycles. The lowest BCUT2D eigenvalue weighted by Crippen LogP contribution is -1.98. The Morgan fingerprint density at radius 3 is 2.50 bits per heavy atom. The molecule has 2 rings (SSSR count). The van der Waals surface area contributed by atoms with Crippen LogP contribution < -0.4 is 11.1 Å². The number of hydrogen-bond acceptors (Lipinski definition) is 2. The minimum atomic E-state index is -0.328. The molecule has 2 aromatic rings. The van der Waals surface area contributed by atoms with Gasteiger partial charge in [0.05, 0.1) is 17.1 Å². The minimum absolute atomic E-state index is 0.328. The Morgan fingerprint density at radius 2 is 1.81 bits per heavy atom. The Balaban J connectivity index is 2.31. The highest BCUT2D eigenvalue weighted by atomic mass is 127. The molecule has 82 valence electrons. The van der Waals surface area contributed by atoms with E-state index in [0.29, 0.717) is 11.4 Å². The highest BCUT2D eigenvalue weighted by Gasteiger charge is 2.03. The van der Waals surface area contributed by atoms with E-state index in [4.69, 9.17) is 5.73 Å². The summed E-state index contributed by atoms with van der Waals surface area (Å²) < 4.78 is 13.9. The lowest BCUT2D eigenvalue weighted by Gasteiger charge is -2.10. The first-order chi connectivity index (χ1) is 7.66. The minimum Gasteiger partial charge on any atom is -0.397 e. The average Bonchev–Trinajstić information content (AvgIpc) is 2.25. The van der Waals surface area contributed by atoms with Gasteiger partial charge in [0.25, 0.3) is 0 Å². The first-order valence-corrected chi connectivity index (χ1v) is 5.81. The van der Waals surface area contributed by atoms with E-state index in [1.165, 1.54) is 12.1 Å². The summed E-state index contributed by atoms with van der Waals surface area (Å²) in [5.41, 5.74) is 7.79. The molecule has 0 aliphatic rings. The molecule has 2 nitrogen and oxygen atoms in total. The normalized spacial score (nSPS) is 10.1. The van der Waals surface area contributed by atoms with Gasteiger partial charge in [0.15, 0.2) is 0 Å². The second-order valence-electron chi connectivity index (χ2n) is 3.34. The molecule has 0 saturated heterocycles. The Labute approximate surface area is 107 Å². The van der Waals surface area contributed by atoms with Crippen LogP contribution in [-0.2, 0) is 0 Å². The summed E-state index contributed by atoms with van der Waals surface area (Å²) in [4.78, 5) is 0. The zero-order valence-electron chi connectivity index (χ0n) is 8.37. The van der Waals surface area contributed by atoms with E-state index in [1.54, 1.807) is 6.07 Å². The third-order valence-corrected chi connectivity index (χ3v) is 3.10. The smallest absolute Gasteiger partial charge is 0.125 e. The second-order valence-corrected chi connectivity index (χ2v) is 4.50. The Hall–Kier alpha value is -1.30. The van der Waals surface area contributed by atoms with Crippen LogP contribution in [0, 0.1) is 9.39 Å². The molecular weight excluding hydrogens is 318 g/mol. The number of benzene rings is 2. The molecular formula is C12H10FIN2. The molecule has 0 saturated carbocycles. The van der Waals surface area contributed by atoms with Crippen molar-refractivity contribution in [1.82, 2.24) is 0 Å². The molecule has 0 atom stereocenters. The van der Waals surface area contributed by atoms with E-state index < -0.39 is 0 Å². The third kappa shape index (κ3) is 2.44. The molecule has 2 aromatic carbocycles. The maximum atomic E-state index is 12.9. The van der Waals surface area contributed by atoms with Crippen LogP contribution in [0.4, 0.5) is 21.5 Å². The monoisotopic (exact) mass is 328 g/mol. The van der Waals surface area contributed by atoms with E-state index in [1.807, 2.05) is 24.3 Å². The van der Waals surface area contributed by atoms with Crippen LogP contribution >= 0.6 is 22.6 Å². The number of halogens is 2.